The second-order valence-corrected chi connectivity index (χ2v) is 5.79. The molecule has 1 saturated heterocycles. The highest BCUT2D eigenvalue weighted by molar-refractivity contribution is 5.99. The predicted molar refractivity (Wildman–Crippen MR) is 78.6 cm³/mol. The van der Waals surface area contributed by atoms with Crippen LogP contribution < -0.4 is 5.73 Å². The second-order valence-electron chi connectivity index (χ2n) is 5.79. The zero-order chi connectivity index (χ0) is 14.0. The van der Waals surface area contributed by atoms with E-state index in [2.05, 4.69) is 24.8 Å². The molecule has 0 unspecified atom stereocenters. The monoisotopic (exact) mass is 260 g/mol. The summed E-state index contributed by atoms with van der Waals surface area (Å²) in [6.45, 7) is 8.57. The number of hydrogen-bond acceptors (Lipinski definition) is 3. The molecule has 0 amide bonds. The number of aryl methyl sites for hydroxylation is 3. The number of hydrogen-bond donors (Lipinski definition) is 1. The number of rotatable bonds is 3. The van der Waals surface area contributed by atoms with Crippen LogP contribution in [-0.2, 0) is 0 Å². The Morgan fingerprint density at radius 1 is 1.16 bits per heavy atom. The fraction of sp³-hybridized carbons (Fsp3) is 0.562. The molecular formula is C16H24N2O. The Kier molecular flexibility index (Phi) is 4.38. The van der Waals surface area contributed by atoms with Crippen molar-refractivity contribution < 1.29 is 4.79 Å². The third-order valence-electron chi connectivity index (χ3n) is 4.14. The van der Waals surface area contributed by atoms with Crippen molar-refractivity contribution in [3.8, 4) is 0 Å². The first-order valence-corrected chi connectivity index (χ1v) is 7.06. The van der Waals surface area contributed by atoms with Crippen molar-refractivity contribution in [3.05, 3.63) is 34.4 Å². The molecule has 1 aromatic rings. The normalized spacial score (nSPS) is 17.7. The lowest BCUT2D eigenvalue weighted by molar-refractivity contribution is 0.0909. The third-order valence-corrected chi connectivity index (χ3v) is 4.14. The van der Waals surface area contributed by atoms with Gasteiger partial charge in [-0.25, -0.2) is 0 Å². The molecule has 19 heavy (non-hydrogen) atoms. The molecule has 1 aliphatic heterocycles. The van der Waals surface area contributed by atoms with E-state index in [0.29, 0.717) is 12.6 Å². The van der Waals surface area contributed by atoms with Gasteiger partial charge in [-0.3, -0.25) is 9.69 Å². The van der Waals surface area contributed by atoms with Crippen LogP contribution in [-0.4, -0.2) is 36.4 Å². The first-order chi connectivity index (χ1) is 8.97. The number of carbonyl (C=O) groups excluding carboxylic acids is 1. The van der Waals surface area contributed by atoms with Gasteiger partial charge in [-0.2, -0.15) is 0 Å². The lowest BCUT2D eigenvalue weighted by Gasteiger charge is -2.29. The van der Waals surface area contributed by atoms with Crippen molar-refractivity contribution in [1.82, 2.24) is 4.90 Å². The van der Waals surface area contributed by atoms with E-state index in [1.54, 1.807) is 0 Å². The van der Waals surface area contributed by atoms with Crippen LogP contribution in [0.2, 0.25) is 0 Å². The molecule has 0 atom stereocenters. The van der Waals surface area contributed by atoms with Gasteiger partial charge in [0.15, 0.2) is 5.78 Å². The van der Waals surface area contributed by atoms with Gasteiger partial charge in [-0.1, -0.05) is 6.07 Å². The van der Waals surface area contributed by atoms with E-state index in [1.807, 2.05) is 13.0 Å². The average molecular weight is 260 g/mol. The molecule has 0 saturated carbocycles. The van der Waals surface area contributed by atoms with Gasteiger partial charge in [0.2, 0.25) is 0 Å². The Morgan fingerprint density at radius 3 is 2.37 bits per heavy atom. The molecule has 0 aliphatic carbocycles. The minimum Gasteiger partial charge on any atom is -0.328 e. The largest absolute Gasteiger partial charge is 0.328 e. The maximum atomic E-state index is 12.4. The highest BCUT2D eigenvalue weighted by atomic mass is 16.1. The number of nitrogens with two attached hydrogens (primary N) is 1. The fourth-order valence-corrected chi connectivity index (χ4v) is 2.66. The summed E-state index contributed by atoms with van der Waals surface area (Å²) in [6, 6.07) is 4.45. The van der Waals surface area contributed by atoms with Crippen molar-refractivity contribution >= 4 is 5.78 Å². The molecule has 1 heterocycles. The van der Waals surface area contributed by atoms with Crippen LogP contribution in [0.25, 0.3) is 0 Å². The van der Waals surface area contributed by atoms with E-state index in [9.17, 15) is 4.79 Å². The summed E-state index contributed by atoms with van der Waals surface area (Å²) >= 11 is 0. The Bertz CT molecular complexity index is 474. The number of nitrogens with zero attached hydrogens (tertiary/aromatic N) is 1. The SMILES string of the molecule is Cc1cc(C)c(C(=O)CN2CCC(N)CC2)cc1C. The predicted octanol–water partition coefficient (Wildman–Crippen LogP) is 2.22. The van der Waals surface area contributed by atoms with Crippen molar-refractivity contribution in [2.45, 2.75) is 39.7 Å². The average Bonchev–Trinajstić information content (AvgIpc) is 2.36. The molecule has 2 rings (SSSR count). The van der Waals surface area contributed by atoms with Crippen LogP contribution in [0.1, 0.15) is 39.9 Å². The van der Waals surface area contributed by atoms with Gasteiger partial charge >= 0.3 is 0 Å². The van der Waals surface area contributed by atoms with Gasteiger partial charge in [-0.05, 0) is 56.4 Å². The molecular weight excluding hydrogens is 236 g/mol. The molecule has 1 fully saturated rings. The summed E-state index contributed by atoms with van der Waals surface area (Å²) in [5, 5.41) is 0. The topological polar surface area (TPSA) is 46.3 Å². The Labute approximate surface area is 115 Å². The minimum atomic E-state index is 0.232. The molecule has 0 radical (unpaired) electrons. The van der Waals surface area contributed by atoms with E-state index in [-0.39, 0.29) is 5.78 Å². The van der Waals surface area contributed by atoms with E-state index in [4.69, 9.17) is 5.73 Å². The molecule has 2 N–H and O–H groups in total. The van der Waals surface area contributed by atoms with Gasteiger partial charge in [0.1, 0.15) is 0 Å². The van der Waals surface area contributed by atoms with Crippen molar-refractivity contribution in [1.29, 1.82) is 0 Å². The van der Waals surface area contributed by atoms with Crippen molar-refractivity contribution in [2.75, 3.05) is 19.6 Å². The zero-order valence-electron chi connectivity index (χ0n) is 12.2. The van der Waals surface area contributed by atoms with E-state index in [1.165, 1.54) is 11.1 Å². The van der Waals surface area contributed by atoms with Crippen molar-refractivity contribution in [2.24, 2.45) is 5.73 Å². The summed E-state index contributed by atoms with van der Waals surface area (Å²) in [4.78, 5) is 14.6. The van der Waals surface area contributed by atoms with Gasteiger partial charge in [0, 0.05) is 24.7 Å². The van der Waals surface area contributed by atoms with Crippen LogP contribution in [0, 0.1) is 20.8 Å². The Morgan fingerprint density at radius 2 is 1.74 bits per heavy atom. The summed E-state index contributed by atoms with van der Waals surface area (Å²) in [5.41, 5.74) is 10.3. The highest BCUT2D eigenvalue weighted by Crippen LogP contribution is 2.17. The number of ketones is 1. The molecule has 1 aliphatic rings. The molecule has 0 aromatic heterocycles. The van der Waals surface area contributed by atoms with E-state index >= 15 is 0 Å². The maximum absolute atomic E-state index is 12.4. The number of Topliss-reactive ketones (excluding diaryl/α,β-unsaturated/α-hetero) is 1. The Hall–Kier alpha value is -1.19. The lowest BCUT2D eigenvalue weighted by atomic mass is 9.97. The molecule has 0 bridgehead atoms. The zero-order valence-corrected chi connectivity index (χ0v) is 12.2. The molecule has 104 valence electrons. The molecule has 0 spiro atoms. The van der Waals surface area contributed by atoms with Crippen LogP contribution >= 0.6 is 0 Å². The van der Waals surface area contributed by atoms with Gasteiger partial charge in [0.25, 0.3) is 0 Å². The quantitative estimate of drug-likeness (QED) is 0.848. The van der Waals surface area contributed by atoms with Crippen LogP contribution in [0.15, 0.2) is 12.1 Å². The smallest absolute Gasteiger partial charge is 0.177 e. The summed E-state index contributed by atoms with van der Waals surface area (Å²) in [6.07, 6.45) is 2.00. The number of benzene rings is 1. The first-order valence-electron chi connectivity index (χ1n) is 7.06. The third kappa shape index (κ3) is 3.43. The van der Waals surface area contributed by atoms with Crippen molar-refractivity contribution in [3.63, 3.8) is 0 Å². The second kappa shape index (κ2) is 5.85. The number of carbonyl (C=O) groups is 1. The number of piperidine rings is 1. The van der Waals surface area contributed by atoms with Crippen LogP contribution in [0.4, 0.5) is 0 Å². The van der Waals surface area contributed by atoms with Gasteiger partial charge in [0.05, 0.1) is 6.54 Å². The van der Waals surface area contributed by atoms with Gasteiger partial charge < -0.3 is 5.73 Å². The fourth-order valence-electron chi connectivity index (χ4n) is 2.66. The summed E-state index contributed by atoms with van der Waals surface area (Å²) < 4.78 is 0. The number of likely N-dealkylation sites (tertiary alicyclic amines) is 1. The first kappa shape index (κ1) is 14.2. The minimum absolute atomic E-state index is 0.232. The van der Waals surface area contributed by atoms with E-state index < -0.39 is 0 Å². The highest BCUT2D eigenvalue weighted by Gasteiger charge is 2.19. The summed E-state index contributed by atoms with van der Waals surface area (Å²) in [5.74, 6) is 0.232. The lowest BCUT2D eigenvalue weighted by Crippen LogP contribution is -2.42. The molecule has 1 aromatic carbocycles. The van der Waals surface area contributed by atoms with Crippen LogP contribution in [0.3, 0.4) is 0 Å². The molecule has 3 heteroatoms. The van der Waals surface area contributed by atoms with Crippen LogP contribution in [0.5, 0.6) is 0 Å². The van der Waals surface area contributed by atoms with E-state index in [0.717, 1.165) is 37.1 Å². The van der Waals surface area contributed by atoms with Gasteiger partial charge in [-0.15, -0.1) is 0 Å². The summed E-state index contributed by atoms with van der Waals surface area (Å²) in [7, 11) is 0. The molecule has 3 nitrogen and oxygen atoms in total. The standard InChI is InChI=1S/C16H24N2O/c1-11-8-13(3)15(9-12(11)2)16(19)10-18-6-4-14(17)5-7-18/h8-9,14H,4-7,10,17H2,1-3H3. The maximum Gasteiger partial charge on any atom is 0.177 e. The Balaban J connectivity index is 2.06.